The Morgan fingerprint density at radius 1 is 1.25 bits per heavy atom. The van der Waals surface area contributed by atoms with Crippen LogP contribution in [0, 0.1) is 6.92 Å². The molecule has 104 valence electrons. The van der Waals surface area contributed by atoms with Crippen molar-refractivity contribution in [1.82, 2.24) is 10.3 Å². The maximum absolute atomic E-state index is 12.3. The molecule has 0 spiro atoms. The lowest BCUT2D eigenvalue weighted by Crippen LogP contribution is -2.46. The molecule has 1 amide bonds. The van der Waals surface area contributed by atoms with Gasteiger partial charge in [-0.3, -0.25) is 9.78 Å². The second kappa shape index (κ2) is 5.84. The molecule has 0 saturated heterocycles. The first kappa shape index (κ1) is 14.2. The van der Waals surface area contributed by atoms with Gasteiger partial charge < -0.3 is 10.4 Å². The summed E-state index contributed by atoms with van der Waals surface area (Å²) >= 11 is 0. The van der Waals surface area contributed by atoms with Crippen molar-refractivity contribution in [3.63, 3.8) is 0 Å². The van der Waals surface area contributed by atoms with E-state index in [0.717, 1.165) is 11.1 Å². The van der Waals surface area contributed by atoms with Gasteiger partial charge in [0.25, 0.3) is 5.91 Å². The Balaban J connectivity index is 2.27. The molecular weight excluding hydrogens is 252 g/mol. The van der Waals surface area contributed by atoms with Crippen LogP contribution in [-0.2, 0) is 5.54 Å². The number of aromatic nitrogens is 1. The molecule has 1 aromatic carbocycles. The molecule has 1 heterocycles. The summed E-state index contributed by atoms with van der Waals surface area (Å²) in [6.45, 7) is 3.44. The molecule has 4 nitrogen and oxygen atoms in total. The van der Waals surface area contributed by atoms with E-state index in [2.05, 4.69) is 10.3 Å². The Kier molecular flexibility index (Phi) is 4.15. The fourth-order valence-electron chi connectivity index (χ4n) is 2.04. The molecule has 20 heavy (non-hydrogen) atoms. The maximum Gasteiger partial charge on any atom is 0.270 e. The van der Waals surface area contributed by atoms with Gasteiger partial charge in [0.15, 0.2) is 0 Å². The van der Waals surface area contributed by atoms with E-state index in [4.69, 9.17) is 0 Å². The van der Waals surface area contributed by atoms with E-state index in [1.807, 2.05) is 43.3 Å². The molecule has 2 aromatic rings. The van der Waals surface area contributed by atoms with Gasteiger partial charge in [-0.15, -0.1) is 0 Å². The van der Waals surface area contributed by atoms with Crippen molar-refractivity contribution >= 4 is 5.91 Å². The third kappa shape index (κ3) is 2.86. The van der Waals surface area contributed by atoms with Crippen LogP contribution < -0.4 is 5.32 Å². The zero-order chi connectivity index (χ0) is 14.6. The monoisotopic (exact) mass is 270 g/mol. The van der Waals surface area contributed by atoms with Crippen LogP contribution in [0.25, 0.3) is 0 Å². The van der Waals surface area contributed by atoms with Gasteiger partial charge in [-0.1, -0.05) is 36.4 Å². The van der Waals surface area contributed by atoms with Gasteiger partial charge in [0, 0.05) is 6.20 Å². The molecular formula is C16H18N2O2. The van der Waals surface area contributed by atoms with Crippen LogP contribution in [0.15, 0.2) is 48.7 Å². The number of nitrogens with one attached hydrogen (secondary N) is 1. The van der Waals surface area contributed by atoms with Crippen molar-refractivity contribution in [1.29, 1.82) is 0 Å². The number of hydrogen-bond donors (Lipinski definition) is 2. The number of carbonyl (C=O) groups excluding carboxylic acids is 1. The van der Waals surface area contributed by atoms with Crippen molar-refractivity contribution in [3.8, 4) is 0 Å². The Morgan fingerprint density at radius 2 is 1.95 bits per heavy atom. The molecule has 0 fully saturated rings. The Hall–Kier alpha value is -2.20. The van der Waals surface area contributed by atoms with Crippen molar-refractivity contribution in [2.75, 3.05) is 6.61 Å². The molecule has 0 radical (unpaired) electrons. The molecule has 0 aliphatic carbocycles. The molecule has 1 aromatic heterocycles. The number of aliphatic hydroxyl groups is 1. The van der Waals surface area contributed by atoms with E-state index in [-0.39, 0.29) is 12.5 Å². The largest absolute Gasteiger partial charge is 0.394 e. The first-order chi connectivity index (χ1) is 9.57. The topological polar surface area (TPSA) is 62.2 Å². The van der Waals surface area contributed by atoms with Gasteiger partial charge in [0.05, 0.1) is 12.1 Å². The van der Waals surface area contributed by atoms with Crippen LogP contribution in [0.3, 0.4) is 0 Å². The fourth-order valence-corrected chi connectivity index (χ4v) is 2.04. The van der Waals surface area contributed by atoms with Crippen LogP contribution in [0.4, 0.5) is 0 Å². The van der Waals surface area contributed by atoms with Crippen LogP contribution in [0.1, 0.15) is 28.5 Å². The molecule has 0 aliphatic heterocycles. The minimum atomic E-state index is -0.831. The Labute approximate surface area is 118 Å². The molecule has 0 aliphatic rings. The molecule has 4 heteroatoms. The highest BCUT2D eigenvalue weighted by Crippen LogP contribution is 2.20. The number of aliphatic hydroxyl groups excluding tert-OH is 1. The van der Waals surface area contributed by atoms with Crippen molar-refractivity contribution in [2.24, 2.45) is 0 Å². The predicted molar refractivity (Wildman–Crippen MR) is 77.3 cm³/mol. The summed E-state index contributed by atoms with van der Waals surface area (Å²) in [5.41, 5.74) is 1.20. The van der Waals surface area contributed by atoms with Crippen LogP contribution in [0.2, 0.25) is 0 Å². The highest BCUT2D eigenvalue weighted by molar-refractivity contribution is 5.94. The highest BCUT2D eigenvalue weighted by atomic mass is 16.3. The summed E-state index contributed by atoms with van der Waals surface area (Å²) in [7, 11) is 0. The second-order valence-corrected chi connectivity index (χ2v) is 4.98. The van der Waals surface area contributed by atoms with Gasteiger partial charge >= 0.3 is 0 Å². The maximum atomic E-state index is 12.3. The lowest BCUT2D eigenvalue weighted by molar-refractivity contribution is 0.0844. The lowest BCUT2D eigenvalue weighted by Gasteiger charge is -2.29. The Morgan fingerprint density at radius 3 is 2.55 bits per heavy atom. The van der Waals surface area contributed by atoms with E-state index in [1.165, 1.54) is 0 Å². The smallest absolute Gasteiger partial charge is 0.270 e. The standard InChI is InChI=1S/C16H18N2O2/c1-12-7-6-10-17-14(12)15(20)18-16(2,11-19)13-8-4-3-5-9-13/h3-10,19H,11H2,1-2H3,(H,18,20). The second-order valence-electron chi connectivity index (χ2n) is 4.98. The van der Waals surface area contributed by atoms with E-state index >= 15 is 0 Å². The third-order valence-electron chi connectivity index (χ3n) is 3.34. The van der Waals surface area contributed by atoms with E-state index in [9.17, 15) is 9.90 Å². The first-order valence-corrected chi connectivity index (χ1v) is 6.47. The van der Waals surface area contributed by atoms with Crippen molar-refractivity contribution in [2.45, 2.75) is 19.4 Å². The van der Waals surface area contributed by atoms with Gasteiger partial charge in [0.2, 0.25) is 0 Å². The van der Waals surface area contributed by atoms with E-state index < -0.39 is 5.54 Å². The third-order valence-corrected chi connectivity index (χ3v) is 3.34. The number of hydrogen-bond acceptors (Lipinski definition) is 3. The summed E-state index contributed by atoms with van der Waals surface area (Å²) < 4.78 is 0. The molecule has 0 bridgehead atoms. The first-order valence-electron chi connectivity index (χ1n) is 6.47. The molecule has 1 unspecified atom stereocenters. The predicted octanol–water partition coefficient (Wildman–Crippen LogP) is 2.03. The number of aryl methyl sites for hydroxylation is 1. The summed E-state index contributed by atoms with van der Waals surface area (Å²) in [4.78, 5) is 16.4. The normalized spacial score (nSPS) is 13.6. The highest BCUT2D eigenvalue weighted by Gasteiger charge is 2.28. The average Bonchev–Trinajstić information content (AvgIpc) is 2.48. The van der Waals surface area contributed by atoms with Gasteiger partial charge in [-0.05, 0) is 31.0 Å². The number of benzene rings is 1. The summed E-state index contributed by atoms with van der Waals surface area (Å²) in [6.07, 6.45) is 1.58. The zero-order valence-corrected chi connectivity index (χ0v) is 11.6. The van der Waals surface area contributed by atoms with E-state index in [1.54, 1.807) is 19.2 Å². The fraction of sp³-hybridized carbons (Fsp3) is 0.250. The van der Waals surface area contributed by atoms with Crippen molar-refractivity contribution in [3.05, 3.63) is 65.5 Å². The molecule has 0 saturated carbocycles. The lowest BCUT2D eigenvalue weighted by atomic mass is 9.92. The zero-order valence-electron chi connectivity index (χ0n) is 11.6. The number of nitrogens with zero attached hydrogens (tertiary/aromatic N) is 1. The van der Waals surface area contributed by atoms with E-state index in [0.29, 0.717) is 5.69 Å². The quantitative estimate of drug-likeness (QED) is 0.893. The summed E-state index contributed by atoms with van der Waals surface area (Å²) in [6, 6.07) is 13.0. The number of amides is 1. The minimum absolute atomic E-state index is 0.186. The number of carbonyl (C=O) groups is 1. The minimum Gasteiger partial charge on any atom is -0.394 e. The SMILES string of the molecule is Cc1cccnc1C(=O)NC(C)(CO)c1ccccc1. The number of rotatable bonds is 4. The molecule has 2 N–H and O–H groups in total. The van der Waals surface area contributed by atoms with Crippen molar-refractivity contribution < 1.29 is 9.90 Å². The van der Waals surface area contributed by atoms with Crippen LogP contribution >= 0.6 is 0 Å². The van der Waals surface area contributed by atoms with Crippen LogP contribution in [0.5, 0.6) is 0 Å². The molecule has 2 rings (SSSR count). The average molecular weight is 270 g/mol. The Bertz CT molecular complexity index is 598. The summed E-state index contributed by atoms with van der Waals surface area (Å²) in [5, 5.41) is 12.5. The van der Waals surface area contributed by atoms with Crippen LogP contribution in [-0.4, -0.2) is 22.6 Å². The summed E-state index contributed by atoms with van der Waals surface area (Å²) in [5.74, 6) is -0.288. The number of pyridine rings is 1. The van der Waals surface area contributed by atoms with Gasteiger partial charge in [0.1, 0.15) is 5.69 Å². The molecule has 1 atom stereocenters. The van der Waals surface area contributed by atoms with Gasteiger partial charge in [-0.2, -0.15) is 0 Å². The van der Waals surface area contributed by atoms with Gasteiger partial charge in [-0.25, -0.2) is 0 Å².